The molecule has 0 aromatic heterocycles. The zero-order valence-corrected chi connectivity index (χ0v) is 11.9. The van der Waals surface area contributed by atoms with Crippen LogP contribution >= 0.6 is 0 Å². The quantitative estimate of drug-likeness (QED) is 0.794. The molecule has 0 bridgehead atoms. The first kappa shape index (κ1) is 13.6. The van der Waals surface area contributed by atoms with E-state index in [0.717, 1.165) is 6.04 Å². The summed E-state index contributed by atoms with van der Waals surface area (Å²) in [7, 11) is 2.07. The van der Waals surface area contributed by atoms with Crippen LogP contribution in [0.15, 0.2) is 30.3 Å². The number of nitrogens with one attached hydrogen (secondary N) is 1. The maximum absolute atomic E-state index is 3.50. The van der Waals surface area contributed by atoms with Crippen LogP contribution in [0, 0.1) is 0 Å². The lowest BCUT2D eigenvalue weighted by Crippen LogP contribution is -2.43. The van der Waals surface area contributed by atoms with Gasteiger partial charge in [0.1, 0.15) is 0 Å². The Hall–Kier alpha value is -0.860. The number of nitrogens with zero attached hydrogens (tertiary/aromatic N) is 1. The second-order valence-corrected chi connectivity index (χ2v) is 5.39. The molecule has 2 atom stereocenters. The van der Waals surface area contributed by atoms with Crippen LogP contribution in [0.3, 0.4) is 0 Å². The Balaban J connectivity index is 2.10. The summed E-state index contributed by atoms with van der Waals surface area (Å²) in [6.45, 7) is 5.86. The second kappa shape index (κ2) is 6.35. The summed E-state index contributed by atoms with van der Waals surface area (Å²) in [6.07, 6.45) is 4.01. The second-order valence-electron chi connectivity index (χ2n) is 5.39. The first-order chi connectivity index (χ1) is 8.77. The van der Waals surface area contributed by atoms with Crippen molar-refractivity contribution in [2.75, 3.05) is 13.6 Å². The molecular weight excluding hydrogens is 220 g/mol. The molecule has 0 aliphatic heterocycles. The van der Waals surface area contributed by atoms with E-state index in [4.69, 9.17) is 0 Å². The summed E-state index contributed by atoms with van der Waals surface area (Å²) in [6, 6.07) is 12.6. The zero-order valence-electron chi connectivity index (χ0n) is 11.9. The average molecular weight is 246 g/mol. The molecule has 2 unspecified atom stereocenters. The van der Waals surface area contributed by atoms with E-state index in [1.54, 1.807) is 0 Å². The maximum Gasteiger partial charge on any atom is 0.0473 e. The van der Waals surface area contributed by atoms with E-state index in [1.807, 2.05) is 0 Å². The highest BCUT2D eigenvalue weighted by Gasteiger charge is 2.34. The molecule has 0 spiro atoms. The Labute approximate surface area is 111 Å². The molecule has 1 N–H and O–H groups in total. The highest BCUT2D eigenvalue weighted by atomic mass is 15.2. The monoisotopic (exact) mass is 246 g/mol. The van der Waals surface area contributed by atoms with Gasteiger partial charge >= 0.3 is 0 Å². The summed E-state index contributed by atoms with van der Waals surface area (Å²) in [5.74, 6) is 0. The van der Waals surface area contributed by atoms with Gasteiger partial charge in [0, 0.05) is 18.1 Å². The minimum absolute atomic E-state index is 0.429. The Morgan fingerprint density at radius 3 is 2.44 bits per heavy atom. The van der Waals surface area contributed by atoms with Crippen molar-refractivity contribution >= 4 is 0 Å². The first-order valence-electron chi connectivity index (χ1n) is 7.25. The number of benzene rings is 1. The predicted molar refractivity (Wildman–Crippen MR) is 77.7 cm³/mol. The van der Waals surface area contributed by atoms with Gasteiger partial charge in [-0.05, 0) is 45.3 Å². The van der Waals surface area contributed by atoms with E-state index in [-0.39, 0.29) is 0 Å². The van der Waals surface area contributed by atoms with Crippen LogP contribution in [-0.4, -0.2) is 30.6 Å². The maximum atomic E-state index is 3.50. The zero-order chi connectivity index (χ0) is 13.0. The van der Waals surface area contributed by atoms with Crippen molar-refractivity contribution in [1.82, 2.24) is 10.2 Å². The molecule has 0 heterocycles. The molecule has 2 heteroatoms. The summed E-state index contributed by atoms with van der Waals surface area (Å²) in [4.78, 5) is 2.69. The number of rotatable bonds is 7. The molecule has 0 radical (unpaired) electrons. The van der Waals surface area contributed by atoms with Gasteiger partial charge in [-0.2, -0.15) is 0 Å². The van der Waals surface area contributed by atoms with Crippen molar-refractivity contribution in [2.45, 2.75) is 51.2 Å². The minimum atomic E-state index is 0.429. The summed E-state index contributed by atoms with van der Waals surface area (Å²) in [5.41, 5.74) is 1.40. The van der Waals surface area contributed by atoms with E-state index in [1.165, 1.54) is 31.4 Å². The van der Waals surface area contributed by atoms with Gasteiger partial charge in [-0.15, -0.1) is 0 Å². The number of hydrogen-bond acceptors (Lipinski definition) is 2. The Morgan fingerprint density at radius 2 is 1.94 bits per heavy atom. The molecule has 1 aliphatic carbocycles. The van der Waals surface area contributed by atoms with Gasteiger partial charge in [-0.25, -0.2) is 0 Å². The first-order valence-corrected chi connectivity index (χ1v) is 7.25. The lowest BCUT2D eigenvalue weighted by molar-refractivity contribution is 0.163. The molecule has 2 nitrogen and oxygen atoms in total. The summed E-state index contributed by atoms with van der Waals surface area (Å²) < 4.78 is 0. The fourth-order valence-corrected chi connectivity index (χ4v) is 2.92. The Morgan fingerprint density at radius 1 is 1.28 bits per heavy atom. The molecule has 1 fully saturated rings. The third-order valence-corrected chi connectivity index (χ3v) is 3.97. The molecule has 0 amide bonds. The van der Waals surface area contributed by atoms with Gasteiger partial charge in [0.15, 0.2) is 0 Å². The third kappa shape index (κ3) is 3.12. The third-order valence-electron chi connectivity index (χ3n) is 3.97. The van der Waals surface area contributed by atoms with Crippen LogP contribution in [0.1, 0.15) is 44.7 Å². The van der Waals surface area contributed by atoms with E-state index in [0.29, 0.717) is 12.1 Å². The molecule has 2 rings (SSSR count). The van der Waals surface area contributed by atoms with Gasteiger partial charge in [-0.1, -0.05) is 37.3 Å². The fourth-order valence-electron chi connectivity index (χ4n) is 2.92. The number of likely N-dealkylation sites (N-methyl/N-ethyl adjacent to an activating group) is 1. The van der Waals surface area contributed by atoms with Crippen molar-refractivity contribution < 1.29 is 0 Å². The van der Waals surface area contributed by atoms with Gasteiger partial charge in [0.05, 0.1) is 0 Å². The van der Waals surface area contributed by atoms with Crippen molar-refractivity contribution in [2.24, 2.45) is 0 Å². The molecule has 1 saturated carbocycles. The van der Waals surface area contributed by atoms with E-state index in [2.05, 4.69) is 61.4 Å². The number of hydrogen-bond donors (Lipinski definition) is 1. The molecule has 1 aliphatic rings. The van der Waals surface area contributed by atoms with Crippen molar-refractivity contribution in [3.63, 3.8) is 0 Å². The van der Waals surface area contributed by atoms with Gasteiger partial charge in [0.25, 0.3) is 0 Å². The van der Waals surface area contributed by atoms with Gasteiger partial charge in [0.2, 0.25) is 0 Å². The topological polar surface area (TPSA) is 15.3 Å². The van der Waals surface area contributed by atoms with Crippen LogP contribution in [0.5, 0.6) is 0 Å². The van der Waals surface area contributed by atoms with E-state index >= 15 is 0 Å². The highest BCUT2D eigenvalue weighted by Crippen LogP contribution is 2.32. The van der Waals surface area contributed by atoms with Crippen LogP contribution in [0.25, 0.3) is 0 Å². The SMILES string of the molecule is CCCN(C1CC1)C(C)C(NC)c1ccccc1. The largest absolute Gasteiger partial charge is 0.312 e. The molecular formula is C16H26N2. The average Bonchev–Trinajstić information content (AvgIpc) is 3.22. The lowest BCUT2D eigenvalue weighted by Gasteiger charge is -2.35. The van der Waals surface area contributed by atoms with Crippen molar-refractivity contribution in [3.05, 3.63) is 35.9 Å². The molecule has 0 saturated heterocycles. The molecule has 100 valence electrons. The van der Waals surface area contributed by atoms with Crippen LogP contribution < -0.4 is 5.32 Å². The van der Waals surface area contributed by atoms with Crippen molar-refractivity contribution in [3.8, 4) is 0 Å². The fraction of sp³-hybridized carbons (Fsp3) is 0.625. The normalized spacial score (nSPS) is 18.9. The van der Waals surface area contributed by atoms with Gasteiger partial charge < -0.3 is 5.32 Å². The van der Waals surface area contributed by atoms with Gasteiger partial charge in [-0.3, -0.25) is 4.90 Å². The van der Waals surface area contributed by atoms with Crippen LogP contribution in [-0.2, 0) is 0 Å². The molecule has 1 aromatic carbocycles. The molecule has 18 heavy (non-hydrogen) atoms. The standard InChI is InChI=1S/C16H26N2/c1-4-12-18(15-10-11-15)13(2)16(17-3)14-8-6-5-7-9-14/h5-9,13,15-17H,4,10-12H2,1-3H3. The summed E-state index contributed by atoms with van der Waals surface area (Å²) in [5, 5.41) is 3.50. The smallest absolute Gasteiger partial charge is 0.0473 e. The highest BCUT2D eigenvalue weighted by molar-refractivity contribution is 5.20. The summed E-state index contributed by atoms with van der Waals surface area (Å²) >= 11 is 0. The van der Waals surface area contributed by atoms with E-state index < -0.39 is 0 Å². The van der Waals surface area contributed by atoms with E-state index in [9.17, 15) is 0 Å². The Bertz CT molecular complexity index is 345. The minimum Gasteiger partial charge on any atom is -0.312 e. The molecule has 1 aromatic rings. The van der Waals surface area contributed by atoms with Crippen LogP contribution in [0.2, 0.25) is 0 Å². The lowest BCUT2D eigenvalue weighted by atomic mass is 9.99. The predicted octanol–water partition coefficient (Wildman–Crippen LogP) is 3.21. The van der Waals surface area contributed by atoms with Crippen LogP contribution in [0.4, 0.5) is 0 Å². The van der Waals surface area contributed by atoms with Crippen molar-refractivity contribution in [1.29, 1.82) is 0 Å². The Kier molecular flexibility index (Phi) is 4.79.